The molecule has 0 aromatic carbocycles. The fourth-order valence-electron chi connectivity index (χ4n) is 2.25. The van der Waals surface area contributed by atoms with Crippen LogP contribution in [0.1, 0.15) is 33.1 Å². The van der Waals surface area contributed by atoms with Crippen LogP contribution in [0.2, 0.25) is 0 Å². The summed E-state index contributed by atoms with van der Waals surface area (Å²) in [5.41, 5.74) is 1.28. The second-order valence-corrected chi connectivity index (χ2v) is 4.90. The highest BCUT2D eigenvalue weighted by Gasteiger charge is 2.20. The van der Waals surface area contributed by atoms with Gasteiger partial charge in [0.15, 0.2) is 0 Å². The lowest BCUT2D eigenvalue weighted by molar-refractivity contribution is 0.00238. The molecule has 3 heteroatoms. The van der Waals surface area contributed by atoms with E-state index in [0.717, 1.165) is 39.2 Å². The van der Waals surface area contributed by atoms with Crippen molar-refractivity contribution in [3.05, 3.63) is 12.2 Å². The summed E-state index contributed by atoms with van der Waals surface area (Å²) >= 11 is 0. The zero-order valence-corrected chi connectivity index (χ0v) is 11.5. The zero-order chi connectivity index (χ0) is 12.5. The van der Waals surface area contributed by atoms with Gasteiger partial charge in [0.2, 0.25) is 0 Å². The molecule has 1 saturated heterocycles. The Kier molecular flexibility index (Phi) is 7.49. The molecular weight excluding hydrogens is 212 g/mol. The molecule has 0 aliphatic carbocycles. The Morgan fingerprint density at radius 3 is 3.00 bits per heavy atom. The smallest absolute Gasteiger partial charge is 0.0702 e. The number of piperidine rings is 1. The van der Waals surface area contributed by atoms with E-state index in [4.69, 9.17) is 4.74 Å². The molecule has 17 heavy (non-hydrogen) atoms. The third kappa shape index (κ3) is 6.20. The SMILES string of the molecule is C=C(CNCC)CN1CCCC(OCCC)C1. The van der Waals surface area contributed by atoms with Gasteiger partial charge in [0.05, 0.1) is 6.10 Å². The van der Waals surface area contributed by atoms with Crippen LogP contribution < -0.4 is 5.32 Å². The Balaban J connectivity index is 2.21. The van der Waals surface area contributed by atoms with Gasteiger partial charge in [0, 0.05) is 26.2 Å². The average molecular weight is 240 g/mol. The lowest BCUT2D eigenvalue weighted by Crippen LogP contribution is -2.41. The van der Waals surface area contributed by atoms with Gasteiger partial charge in [-0.25, -0.2) is 0 Å². The van der Waals surface area contributed by atoms with Crippen LogP contribution in [0.4, 0.5) is 0 Å². The summed E-state index contributed by atoms with van der Waals surface area (Å²) in [6.07, 6.45) is 4.03. The highest BCUT2D eigenvalue weighted by Crippen LogP contribution is 2.14. The quantitative estimate of drug-likeness (QED) is 0.657. The predicted molar refractivity (Wildman–Crippen MR) is 73.4 cm³/mol. The molecule has 1 aliphatic rings. The molecule has 1 atom stereocenters. The van der Waals surface area contributed by atoms with Gasteiger partial charge in [0.25, 0.3) is 0 Å². The monoisotopic (exact) mass is 240 g/mol. The van der Waals surface area contributed by atoms with Crippen LogP contribution in [-0.4, -0.2) is 50.3 Å². The Labute approximate surface area is 106 Å². The van der Waals surface area contributed by atoms with Crippen LogP contribution in [0.5, 0.6) is 0 Å². The number of hydrogen-bond donors (Lipinski definition) is 1. The van der Waals surface area contributed by atoms with Crippen molar-refractivity contribution < 1.29 is 4.74 Å². The maximum absolute atomic E-state index is 5.84. The minimum Gasteiger partial charge on any atom is -0.377 e. The molecule has 0 aromatic rings. The molecule has 0 aromatic heterocycles. The molecule has 100 valence electrons. The molecular formula is C14H28N2O. The first-order valence-corrected chi connectivity index (χ1v) is 6.97. The molecule has 0 spiro atoms. The van der Waals surface area contributed by atoms with Crippen molar-refractivity contribution >= 4 is 0 Å². The second kappa shape index (κ2) is 8.67. The number of nitrogens with one attached hydrogen (secondary N) is 1. The Morgan fingerprint density at radius 2 is 2.29 bits per heavy atom. The highest BCUT2D eigenvalue weighted by molar-refractivity contribution is 5.00. The third-order valence-electron chi connectivity index (χ3n) is 3.09. The molecule has 1 unspecified atom stereocenters. The van der Waals surface area contributed by atoms with Crippen molar-refractivity contribution in [2.24, 2.45) is 0 Å². The molecule has 3 nitrogen and oxygen atoms in total. The summed E-state index contributed by atoms with van der Waals surface area (Å²) < 4.78 is 5.84. The first-order chi connectivity index (χ1) is 8.26. The number of likely N-dealkylation sites (tertiary alicyclic amines) is 1. The minimum atomic E-state index is 0.440. The summed E-state index contributed by atoms with van der Waals surface area (Å²) in [5, 5.41) is 3.33. The van der Waals surface area contributed by atoms with E-state index in [-0.39, 0.29) is 0 Å². The molecule has 1 aliphatic heterocycles. The third-order valence-corrected chi connectivity index (χ3v) is 3.09. The van der Waals surface area contributed by atoms with Crippen molar-refractivity contribution in [2.45, 2.75) is 39.2 Å². The molecule has 1 fully saturated rings. The van der Waals surface area contributed by atoms with Gasteiger partial charge in [-0.15, -0.1) is 0 Å². The van der Waals surface area contributed by atoms with Crippen LogP contribution in [0.15, 0.2) is 12.2 Å². The standard InChI is InChI=1S/C14H28N2O/c1-4-9-17-14-7-6-8-16(12-14)11-13(3)10-15-5-2/h14-15H,3-12H2,1-2H3. The van der Waals surface area contributed by atoms with Gasteiger partial charge in [-0.05, 0) is 37.9 Å². The Hall–Kier alpha value is -0.380. The van der Waals surface area contributed by atoms with E-state index in [2.05, 4.69) is 30.6 Å². The van der Waals surface area contributed by atoms with Crippen molar-refractivity contribution in [3.8, 4) is 0 Å². The average Bonchev–Trinajstić information content (AvgIpc) is 2.34. The van der Waals surface area contributed by atoms with Crippen molar-refractivity contribution in [1.29, 1.82) is 0 Å². The van der Waals surface area contributed by atoms with E-state index in [1.165, 1.54) is 25.0 Å². The van der Waals surface area contributed by atoms with E-state index < -0.39 is 0 Å². The van der Waals surface area contributed by atoms with E-state index >= 15 is 0 Å². The van der Waals surface area contributed by atoms with Crippen molar-refractivity contribution in [1.82, 2.24) is 10.2 Å². The molecule has 0 saturated carbocycles. The predicted octanol–water partition coefficient (Wildman–Crippen LogP) is 2.04. The topological polar surface area (TPSA) is 24.5 Å². The van der Waals surface area contributed by atoms with Crippen LogP contribution in [0.25, 0.3) is 0 Å². The van der Waals surface area contributed by atoms with E-state index in [1.54, 1.807) is 0 Å². The largest absolute Gasteiger partial charge is 0.377 e. The van der Waals surface area contributed by atoms with Gasteiger partial charge in [0.1, 0.15) is 0 Å². The van der Waals surface area contributed by atoms with Crippen molar-refractivity contribution in [2.75, 3.05) is 39.3 Å². The molecule has 1 N–H and O–H groups in total. The van der Waals surface area contributed by atoms with Gasteiger partial charge < -0.3 is 10.1 Å². The van der Waals surface area contributed by atoms with Gasteiger partial charge in [-0.3, -0.25) is 4.90 Å². The molecule has 0 radical (unpaired) electrons. The number of rotatable bonds is 8. The molecule has 1 rings (SSSR count). The summed E-state index contributed by atoms with van der Waals surface area (Å²) in [6, 6.07) is 0. The van der Waals surface area contributed by atoms with E-state index in [0.29, 0.717) is 6.10 Å². The summed E-state index contributed by atoms with van der Waals surface area (Å²) in [5.74, 6) is 0. The summed E-state index contributed by atoms with van der Waals surface area (Å²) in [7, 11) is 0. The maximum atomic E-state index is 5.84. The van der Waals surface area contributed by atoms with E-state index in [1.807, 2.05) is 0 Å². The van der Waals surface area contributed by atoms with Gasteiger partial charge in [-0.1, -0.05) is 20.4 Å². The number of nitrogens with zero attached hydrogens (tertiary/aromatic N) is 1. The molecule has 0 amide bonds. The highest BCUT2D eigenvalue weighted by atomic mass is 16.5. The summed E-state index contributed by atoms with van der Waals surface area (Å²) in [6.45, 7) is 14.6. The van der Waals surface area contributed by atoms with Crippen LogP contribution in [0.3, 0.4) is 0 Å². The lowest BCUT2D eigenvalue weighted by atomic mass is 10.1. The van der Waals surface area contributed by atoms with Gasteiger partial charge >= 0.3 is 0 Å². The first-order valence-electron chi connectivity index (χ1n) is 6.97. The number of likely N-dealkylation sites (N-methyl/N-ethyl adjacent to an activating group) is 1. The maximum Gasteiger partial charge on any atom is 0.0702 e. The number of hydrogen-bond acceptors (Lipinski definition) is 3. The Bertz CT molecular complexity index is 218. The lowest BCUT2D eigenvalue weighted by Gasteiger charge is -2.33. The fraction of sp³-hybridized carbons (Fsp3) is 0.857. The fourth-order valence-corrected chi connectivity index (χ4v) is 2.25. The zero-order valence-electron chi connectivity index (χ0n) is 11.5. The Morgan fingerprint density at radius 1 is 1.47 bits per heavy atom. The summed E-state index contributed by atoms with van der Waals surface area (Å²) in [4.78, 5) is 2.48. The second-order valence-electron chi connectivity index (χ2n) is 4.90. The van der Waals surface area contributed by atoms with Crippen molar-refractivity contribution in [3.63, 3.8) is 0 Å². The van der Waals surface area contributed by atoms with Crippen LogP contribution in [-0.2, 0) is 4.74 Å². The normalized spacial score (nSPS) is 21.6. The van der Waals surface area contributed by atoms with Crippen LogP contribution in [0, 0.1) is 0 Å². The van der Waals surface area contributed by atoms with E-state index in [9.17, 15) is 0 Å². The van der Waals surface area contributed by atoms with Crippen LogP contribution >= 0.6 is 0 Å². The number of ether oxygens (including phenoxy) is 1. The first kappa shape index (κ1) is 14.7. The van der Waals surface area contributed by atoms with Gasteiger partial charge in [-0.2, -0.15) is 0 Å². The molecule has 0 bridgehead atoms. The molecule has 1 heterocycles. The minimum absolute atomic E-state index is 0.440.